The number of ether oxygens (including phenoxy) is 7. The van der Waals surface area contributed by atoms with Crippen molar-refractivity contribution in [1.82, 2.24) is 0 Å². The van der Waals surface area contributed by atoms with Crippen molar-refractivity contribution in [3.63, 3.8) is 0 Å². The van der Waals surface area contributed by atoms with Crippen LogP contribution < -0.4 is 19.6 Å². The molecule has 35 nitrogen and oxygen atoms in total. The number of ketones is 1. The van der Waals surface area contributed by atoms with Gasteiger partial charge in [-0.2, -0.15) is 0 Å². The van der Waals surface area contributed by atoms with Crippen LogP contribution >= 0.6 is 0 Å². The standard InChI is InChI=1S/C58H58N4O31/c63-42(34-1-9-38(10-2-34)59(19-43(64)65)20-44(66)67)17-18-51(80)90-30-58(31-91-52(81)27-87-55(84)35-3-11-39(12-4-35)60(21-45(68)69)22-46(70)71,32-92-53(82)28-88-56(85)36-5-13-40(14-6-36)61(23-47(72)73)24-48(74)75)33-93-54(83)29-89-57(86)37-7-15-41(16-8-37)62(25-49(76)77)26-50(78)79/h1-16H,17-33H2,(H,64,65)(H,66,67)(H,68,69)(H,70,71)(H,72,73)(H,74,75)(H,76,77)(H,78,79). The highest BCUT2D eigenvalue weighted by Gasteiger charge is 2.39. The van der Waals surface area contributed by atoms with E-state index < -0.39 is 212 Å². The smallest absolute Gasteiger partial charge is 0.344 e. The molecule has 93 heavy (non-hydrogen) atoms. The lowest BCUT2D eigenvalue weighted by Gasteiger charge is -2.31. The van der Waals surface area contributed by atoms with Gasteiger partial charge in [-0.05, 0) is 97.1 Å². The molecule has 0 bridgehead atoms. The highest BCUT2D eigenvalue weighted by molar-refractivity contribution is 5.98. The lowest BCUT2D eigenvalue weighted by Crippen LogP contribution is -2.44. The molecule has 35 heteroatoms. The van der Waals surface area contributed by atoms with Crippen LogP contribution in [0.25, 0.3) is 0 Å². The Morgan fingerprint density at radius 1 is 0.269 bits per heavy atom. The molecule has 0 aliphatic heterocycles. The van der Waals surface area contributed by atoms with Crippen LogP contribution in [0.15, 0.2) is 97.1 Å². The predicted molar refractivity (Wildman–Crippen MR) is 306 cm³/mol. The normalized spacial score (nSPS) is 10.6. The van der Waals surface area contributed by atoms with Gasteiger partial charge in [-0.25, -0.2) is 28.8 Å². The van der Waals surface area contributed by atoms with Crippen molar-refractivity contribution in [3.8, 4) is 0 Å². The maximum absolute atomic E-state index is 13.4. The average Bonchev–Trinajstić information content (AvgIpc) is 2.68. The number of carboxylic acid groups (broad SMARTS) is 8. The molecule has 0 aromatic heterocycles. The summed E-state index contributed by atoms with van der Waals surface area (Å²) in [5, 5.41) is 73.9. The van der Waals surface area contributed by atoms with E-state index in [1.54, 1.807) is 0 Å². The Labute approximate surface area is 523 Å². The number of rotatable bonds is 41. The molecule has 8 N–H and O–H groups in total. The summed E-state index contributed by atoms with van der Waals surface area (Å²) in [7, 11) is 0. The molecule has 0 saturated carbocycles. The van der Waals surface area contributed by atoms with Gasteiger partial charge in [0.05, 0.1) is 23.1 Å². The summed E-state index contributed by atoms with van der Waals surface area (Å²) >= 11 is 0. The maximum atomic E-state index is 13.4. The lowest BCUT2D eigenvalue weighted by molar-refractivity contribution is -0.174. The topological polar surface area (TPSA) is 513 Å². The van der Waals surface area contributed by atoms with Gasteiger partial charge in [0.1, 0.15) is 84.2 Å². The molecular weight excluding hydrogens is 1250 g/mol. The molecule has 0 amide bonds. The Morgan fingerprint density at radius 2 is 0.473 bits per heavy atom. The number of carbonyl (C=O) groups is 16. The Bertz CT molecular complexity index is 2910. The van der Waals surface area contributed by atoms with E-state index >= 15 is 0 Å². The van der Waals surface area contributed by atoms with E-state index in [4.69, 9.17) is 33.2 Å². The largest absolute Gasteiger partial charge is 0.480 e. The van der Waals surface area contributed by atoms with Crippen molar-refractivity contribution < 1.29 is 151 Å². The number of aliphatic carboxylic acids is 8. The Kier molecular flexibility index (Phi) is 28.1. The van der Waals surface area contributed by atoms with Crippen molar-refractivity contribution in [2.45, 2.75) is 12.8 Å². The van der Waals surface area contributed by atoms with E-state index in [1.165, 1.54) is 60.7 Å². The summed E-state index contributed by atoms with van der Waals surface area (Å²) in [5.74, 6) is -20.5. The zero-order chi connectivity index (χ0) is 69.0. The summed E-state index contributed by atoms with van der Waals surface area (Å²) in [6, 6.07) is 18.7. The van der Waals surface area contributed by atoms with Crippen LogP contribution in [0.5, 0.6) is 0 Å². The second-order valence-electron chi connectivity index (χ2n) is 19.6. The fourth-order valence-corrected chi connectivity index (χ4v) is 7.91. The molecule has 0 atom stereocenters. The summed E-state index contributed by atoms with van der Waals surface area (Å²) < 4.78 is 36.6. The second kappa shape index (κ2) is 35.7. The minimum atomic E-state index is -2.25. The minimum Gasteiger partial charge on any atom is -0.480 e. The van der Waals surface area contributed by atoms with Gasteiger partial charge in [0.2, 0.25) is 0 Å². The molecule has 0 aliphatic rings. The fraction of sp³-hybridized carbons (Fsp3) is 0.310. The van der Waals surface area contributed by atoms with Crippen LogP contribution in [-0.4, -0.2) is 235 Å². The average molecular weight is 1310 g/mol. The Hall–Kier alpha value is -12.2. The Morgan fingerprint density at radius 3 is 0.688 bits per heavy atom. The summed E-state index contributed by atoms with van der Waals surface area (Å²) in [4.78, 5) is 200. The van der Waals surface area contributed by atoms with E-state index in [-0.39, 0.29) is 45.0 Å². The first-order valence-corrected chi connectivity index (χ1v) is 26.7. The maximum Gasteiger partial charge on any atom is 0.344 e. The fourth-order valence-electron chi connectivity index (χ4n) is 7.91. The van der Waals surface area contributed by atoms with Crippen molar-refractivity contribution in [2.75, 3.05) is 118 Å². The number of benzene rings is 4. The second-order valence-corrected chi connectivity index (χ2v) is 19.6. The number of carbonyl (C=O) groups excluding carboxylic acids is 8. The zero-order valence-electron chi connectivity index (χ0n) is 48.5. The van der Waals surface area contributed by atoms with Crippen molar-refractivity contribution in [2.24, 2.45) is 5.41 Å². The lowest BCUT2D eigenvalue weighted by atomic mass is 9.92. The molecule has 0 unspecified atom stereocenters. The van der Waals surface area contributed by atoms with Gasteiger partial charge in [-0.15, -0.1) is 0 Å². The van der Waals surface area contributed by atoms with Crippen LogP contribution in [0.1, 0.15) is 54.3 Å². The van der Waals surface area contributed by atoms with Gasteiger partial charge >= 0.3 is 89.5 Å². The molecule has 4 aromatic rings. The van der Waals surface area contributed by atoms with E-state index in [0.717, 1.165) is 56.0 Å². The van der Waals surface area contributed by atoms with Crippen LogP contribution in [0.2, 0.25) is 0 Å². The molecule has 0 saturated heterocycles. The van der Waals surface area contributed by atoms with Gasteiger partial charge in [-0.3, -0.25) is 47.9 Å². The third kappa shape index (κ3) is 26.2. The third-order valence-corrected chi connectivity index (χ3v) is 12.2. The van der Waals surface area contributed by atoms with Gasteiger partial charge in [0, 0.05) is 34.7 Å². The quantitative estimate of drug-likeness (QED) is 0.0168. The van der Waals surface area contributed by atoms with Crippen molar-refractivity contribution in [1.29, 1.82) is 0 Å². The predicted octanol–water partition coefficient (Wildman–Crippen LogP) is 0.282. The molecule has 4 aromatic carbocycles. The van der Waals surface area contributed by atoms with Gasteiger partial charge in [0.15, 0.2) is 25.6 Å². The SMILES string of the molecule is O=C(O)CN(CC(=O)O)c1ccc(C(=O)CCC(=O)OCC(COC(=O)COC(=O)c2ccc(N(CC(=O)O)CC(=O)O)cc2)(COC(=O)COC(=O)c2ccc(N(CC(=O)O)CC(=O)O)cc2)COC(=O)COC(=O)c2ccc(N(CC(=O)O)CC(=O)O)cc2)cc1. The van der Waals surface area contributed by atoms with E-state index in [0.29, 0.717) is 0 Å². The van der Waals surface area contributed by atoms with Gasteiger partial charge in [-0.1, -0.05) is 0 Å². The molecule has 0 heterocycles. The molecule has 0 radical (unpaired) electrons. The van der Waals surface area contributed by atoms with E-state index in [1.807, 2.05) is 0 Å². The molecule has 0 fully saturated rings. The first kappa shape index (κ1) is 73.3. The number of carboxylic acids is 8. The number of hydrogen-bond acceptors (Lipinski definition) is 27. The van der Waals surface area contributed by atoms with Crippen LogP contribution in [0, 0.1) is 5.41 Å². The third-order valence-electron chi connectivity index (χ3n) is 12.2. The Balaban J connectivity index is 1.61. The van der Waals surface area contributed by atoms with Crippen LogP contribution in [-0.2, 0) is 90.7 Å². The summed E-state index contributed by atoms with van der Waals surface area (Å²) in [5.41, 5.74) is -2.69. The first-order chi connectivity index (χ1) is 43.9. The number of hydrogen-bond donors (Lipinski definition) is 8. The van der Waals surface area contributed by atoms with E-state index in [2.05, 4.69) is 0 Å². The van der Waals surface area contributed by atoms with Crippen molar-refractivity contribution >= 4 is 118 Å². The number of nitrogens with zero attached hydrogens (tertiary/aromatic N) is 4. The number of Topliss-reactive ketones (excluding diaryl/α,β-unsaturated/α-hetero) is 1. The van der Waals surface area contributed by atoms with E-state index in [9.17, 15) is 118 Å². The highest BCUT2D eigenvalue weighted by Crippen LogP contribution is 2.25. The monoisotopic (exact) mass is 1310 g/mol. The van der Waals surface area contributed by atoms with Gasteiger partial charge in [0.25, 0.3) is 0 Å². The number of anilines is 4. The molecule has 4 rings (SSSR count). The van der Waals surface area contributed by atoms with Crippen molar-refractivity contribution in [3.05, 3.63) is 119 Å². The summed E-state index contributed by atoms with van der Waals surface area (Å²) in [6.07, 6.45) is -1.29. The van der Waals surface area contributed by atoms with Gasteiger partial charge < -0.3 is 93.6 Å². The molecular formula is C58H58N4O31. The summed E-state index contributed by atoms with van der Waals surface area (Å²) in [6.45, 7) is -13.8. The zero-order valence-corrected chi connectivity index (χ0v) is 48.5. The minimum absolute atomic E-state index is 0.0280. The van der Waals surface area contributed by atoms with Crippen LogP contribution in [0.4, 0.5) is 22.7 Å². The molecule has 496 valence electrons. The highest BCUT2D eigenvalue weighted by atomic mass is 16.6. The van der Waals surface area contributed by atoms with Crippen LogP contribution in [0.3, 0.4) is 0 Å². The molecule has 0 aliphatic carbocycles. The number of esters is 7. The molecule has 0 spiro atoms. The first-order valence-electron chi connectivity index (χ1n) is 26.7.